The van der Waals surface area contributed by atoms with Gasteiger partial charge in [0.15, 0.2) is 6.10 Å². The SMILES string of the molecule is COc1cccc(CCc2ccccc2OCC[C@@H]2C[C@@H](OC(C)=O)C[NH+]2C)c1.[Cl-]. The molecular weight excluding hydrogens is 402 g/mol. The maximum atomic E-state index is 11.2. The Labute approximate surface area is 185 Å². The molecule has 0 spiro atoms. The quantitative estimate of drug-likeness (QED) is 0.540. The van der Waals surface area contributed by atoms with Gasteiger partial charge in [-0.25, -0.2) is 0 Å². The van der Waals surface area contributed by atoms with E-state index in [1.807, 2.05) is 24.3 Å². The fourth-order valence-corrected chi connectivity index (χ4v) is 4.09. The van der Waals surface area contributed by atoms with E-state index < -0.39 is 0 Å². The fraction of sp³-hybridized carbons (Fsp3) is 0.458. The third-order valence-corrected chi connectivity index (χ3v) is 5.64. The number of ether oxygens (including phenoxy) is 3. The van der Waals surface area contributed by atoms with Crippen LogP contribution >= 0.6 is 0 Å². The molecule has 1 aliphatic rings. The molecule has 1 heterocycles. The van der Waals surface area contributed by atoms with Crippen molar-refractivity contribution in [3.63, 3.8) is 0 Å². The predicted molar refractivity (Wildman–Crippen MR) is 113 cm³/mol. The minimum absolute atomic E-state index is 0. The minimum atomic E-state index is -0.190. The lowest BCUT2D eigenvalue weighted by Gasteiger charge is -2.17. The van der Waals surface area contributed by atoms with E-state index in [1.54, 1.807) is 7.11 Å². The zero-order chi connectivity index (χ0) is 20.6. The number of carbonyl (C=O) groups excluding carboxylic acids is 1. The second kappa shape index (κ2) is 11.8. The van der Waals surface area contributed by atoms with Crippen LogP contribution in [0.5, 0.6) is 11.5 Å². The molecule has 164 valence electrons. The van der Waals surface area contributed by atoms with Crippen molar-refractivity contribution >= 4 is 5.97 Å². The van der Waals surface area contributed by atoms with Gasteiger partial charge in [0.2, 0.25) is 0 Å². The molecule has 0 bridgehead atoms. The molecule has 0 amide bonds. The third kappa shape index (κ3) is 6.92. The van der Waals surface area contributed by atoms with Gasteiger partial charge >= 0.3 is 5.97 Å². The van der Waals surface area contributed by atoms with Crippen LogP contribution in [0.25, 0.3) is 0 Å². The number of benzene rings is 2. The van der Waals surface area contributed by atoms with Crippen molar-refractivity contribution in [1.29, 1.82) is 0 Å². The Morgan fingerprint density at radius 3 is 2.70 bits per heavy atom. The average Bonchev–Trinajstić information content (AvgIpc) is 3.05. The lowest BCUT2D eigenvalue weighted by molar-refractivity contribution is -0.893. The van der Waals surface area contributed by atoms with Crippen LogP contribution in [0.15, 0.2) is 48.5 Å². The summed E-state index contributed by atoms with van der Waals surface area (Å²) < 4.78 is 16.8. The van der Waals surface area contributed by atoms with Crippen molar-refractivity contribution in [3.05, 3.63) is 59.7 Å². The highest BCUT2D eigenvalue weighted by Crippen LogP contribution is 2.22. The molecule has 1 fully saturated rings. The highest BCUT2D eigenvalue weighted by Gasteiger charge is 2.35. The zero-order valence-corrected chi connectivity index (χ0v) is 18.8. The van der Waals surface area contributed by atoms with Gasteiger partial charge in [-0.15, -0.1) is 0 Å². The first-order valence-electron chi connectivity index (χ1n) is 10.4. The summed E-state index contributed by atoms with van der Waals surface area (Å²) in [5.41, 5.74) is 2.48. The monoisotopic (exact) mass is 433 g/mol. The smallest absolute Gasteiger partial charge is 0.303 e. The molecule has 30 heavy (non-hydrogen) atoms. The number of methoxy groups -OCH3 is 1. The van der Waals surface area contributed by atoms with Gasteiger partial charge in [0.05, 0.1) is 26.8 Å². The van der Waals surface area contributed by atoms with E-state index >= 15 is 0 Å². The van der Waals surface area contributed by atoms with E-state index in [-0.39, 0.29) is 24.5 Å². The van der Waals surface area contributed by atoms with Crippen LogP contribution in [-0.4, -0.2) is 45.4 Å². The number of rotatable bonds is 9. The topological polar surface area (TPSA) is 49.2 Å². The van der Waals surface area contributed by atoms with E-state index in [2.05, 4.69) is 31.3 Å². The van der Waals surface area contributed by atoms with Gasteiger partial charge < -0.3 is 31.5 Å². The summed E-state index contributed by atoms with van der Waals surface area (Å²) in [7, 11) is 3.86. The zero-order valence-electron chi connectivity index (χ0n) is 18.0. The van der Waals surface area contributed by atoms with Gasteiger partial charge in [0.1, 0.15) is 18.0 Å². The Bertz CT molecular complexity index is 813. The normalized spacial score (nSPS) is 20.3. The molecule has 1 N–H and O–H groups in total. The first-order valence-corrected chi connectivity index (χ1v) is 10.4. The van der Waals surface area contributed by atoms with Gasteiger partial charge in [0.25, 0.3) is 0 Å². The molecule has 1 saturated heterocycles. The highest BCUT2D eigenvalue weighted by molar-refractivity contribution is 5.66. The summed E-state index contributed by atoms with van der Waals surface area (Å²) in [5.74, 6) is 1.66. The predicted octanol–water partition coefficient (Wildman–Crippen LogP) is -0.528. The first kappa shape index (κ1) is 24.0. The number of quaternary nitrogens is 1. The summed E-state index contributed by atoms with van der Waals surface area (Å²) in [6.07, 6.45) is 3.76. The number of nitrogens with one attached hydrogen (secondary N) is 1. The number of halogens is 1. The summed E-state index contributed by atoms with van der Waals surface area (Å²) in [6.45, 7) is 3.03. The van der Waals surface area contributed by atoms with Crippen LogP contribution in [0.2, 0.25) is 0 Å². The fourth-order valence-electron chi connectivity index (χ4n) is 4.09. The van der Waals surface area contributed by atoms with Gasteiger partial charge in [-0.05, 0) is 42.2 Å². The summed E-state index contributed by atoms with van der Waals surface area (Å²) in [4.78, 5) is 12.6. The van der Waals surface area contributed by atoms with E-state index in [9.17, 15) is 4.79 Å². The number of likely N-dealkylation sites (N-methyl/N-ethyl adjacent to an activating group) is 1. The molecule has 2 aromatic carbocycles. The Hall–Kier alpha value is -2.24. The van der Waals surface area contributed by atoms with E-state index in [0.29, 0.717) is 12.6 Å². The van der Waals surface area contributed by atoms with Gasteiger partial charge in [-0.3, -0.25) is 4.79 Å². The summed E-state index contributed by atoms with van der Waals surface area (Å²) in [5, 5.41) is 0. The second-order valence-electron chi connectivity index (χ2n) is 7.81. The Balaban J connectivity index is 0.00000320. The molecule has 0 radical (unpaired) electrons. The molecule has 2 aromatic rings. The first-order chi connectivity index (χ1) is 14.0. The summed E-state index contributed by atoms with van der Waals surface area (Å²) in [6, 6.07) is 16.9. The van der Waals surface area contributed by atoms with Crippen LogP contribution in [0.1, 0.15) is 30.9 Å². The second-order valence-corrected chi connectivity index (χ2v) is 7.81. The number of likely N-dealkylation sites (tertiary alicyclic amines) is 1. The number of carbonyl (C=O) groups is 1. The highest BCUT2D eigenvalue weighted by atomic mass is 35.5. The number of hydrogen-bond donors (Lipinski definition) is 1. The molecule has 6 heteroatoms. The standard InChI is InChI=1S/C24H31NO4.ClH/c1-18(26)29-23-16-21(25(2)17-23)13-14-28-24-10-5-4-8-20(24)12-11-19-7-6-9-22(15-19)27-3;/h4-10,15,21,23H,11-14,16-17H2,1-3H3;1H/t21-,23-;/m1./s1. The number of aryl methyl sites for hydroxylation is 2. The molecule has 1 aliphatic heterocycles. The molecule has 0 saturated carbocycles. The lowest BCUT2D eigenvalue weighted by atomic mass is 10.0. The van der Waals surface area contributed by atoms with E-state index in [1.165, 1.54) is 23.0 Å². The van der Waals surface area contributed by atoms with Gasteiger partial charge in [-0.1, -0.05) is 30.3 Å². The largest absolute Gasteiger partial charge is 1.00 e. The van der Waals surface area contributed by atoms with Crippen LogP contribution in [0.4, 0.5) is 0 Å². The van der Waals surface area contributed by atoms with Gasteiger partial charge in [-0.2, -0.15) is 0 Å². The molecule has 3 atom stereocenters. The molecule has 0 aromatic heterocycles. The van der Waals surface area contributed by atoms with Crippen molar-refractivity contribution in [2.24, 2.45) is 0 Å². The average molecular weight is 434 g/mol. The van der Waals surface area contributed by atoms with Crippen molar-refractivity contribution in [2.45, 2.75) is 44.8 Å². The van der Waals surface area contributed by atoms with Gasteiger partial charge in [0, 0.05) is 19.8 Å². The van der Waals surface area contributed by atoms with Crippen LogP contribution in [-0.2, 0) is 22.4 Å². The Morgan fingerprint density at radius 1 is 1.13 bits per heavy atom. The number of esters is 1. The Kier molecular flexibility index (Phi) is 9.47. The maximum Gasteiger partial charge on any atom is 0.303 e. The van der Waals surface area contributed by atoms with E-state index in [0.717, 1.165) is 43.7 Å². The maximum absolute atomic E-state index is 11.2. The Morgan fingerprint density at radius 2 is 1.93 bits per heavy atom. The van der Waals surface area contributed by atoms with Crippen LogP contribution < -0.4 is 26.8 Å². The third-order valence-electron chi connectivity index (χ3n) is 5.64. The van der Waals surface area contributed by atoms with Crippen LogP contribution in [0, 0.1) is 0 Å². The van der Waals surface area contributed by atoms with E-state index in [4.69, 9.17) is 14.2 Å². The molecular formula is C24H32ClNO4. The minimum Gasteiger partial charge on any atom is -1.00 e. The molecule has 1 unspecified atom stereocenters. The number of para-hydroxylation sites is 1. The lowest BCUT2D eigenvalue weighted by Crippen LogP contribution is -3.11. The van der Waals surface area contributed by atoms with Crippen molar-refractivity contribution < 1.29 is 36.3 Å². The molecule has 3 rings (SSSR count). The molecule has 0 aliphatic carbocycles. The number of hydrogen-bond acceptors (Lipinski definition) is 4. The van der Waals surface area contributed by atoms with Crippen LogP contribution in [0.3, 0.4) is 0 Å². The summed E-state index contributed by atoms with van der Waals surface area (Å²) >= 11 is 0. The molecule has 5 nitrogen and oxygen atoms in total. The van der Waals surface area contributed by atoms with Crippen molar-refractivity contribution in [1.82, 2.24) is 0 Å². The van der Waals surface area contributed by atoms with Crippen molar-refractivity contribution in [3.8, 4) is 11.5 Å². The van der Waals surface area contributed by atoms with Crippen molar-refractivity contribution in [2.75, 3.05) is 27.3 Å².